The van der Waals surface area contributed by atoms with Gasteiger partial charge in [-0.15, -0.1) is 0 Å². The molecule has 3 aromatic carbocycles. The number of fused-ring (bicyclic) bond motifs is 2. The lowest BCUT2D eigenvalue weighted by atomic mass is 9.96. The molecule has 1 amide bonds. The first-order chi connectivity index (χ1) is 14.9. The Morgan fingerprint density at radius 1 is 1.03 bits per heavy atom. The average molecular weight is 418 g/mol. The number of para-hydroxylation sites is 1. The van der Waals surface area contributed by atoms with Crippen molar-refractivity contribution in [3.8, 4) is 0 Å². The fourth-order valence-electron chi connectivity index (χ4n) is 4.70. The van der Waals surface area contributed by atoms with Crippen molar-refractivity contribution in [1.82, 2.24) is 5.32 Å². The van der Waals surface area contributed by atoms with Gasteiger partial charge in [0.05, 0.1) is 17.3 Å². The van der Waals surface area contributed by atoms with Crippen LogP contribution in [0.25, 0.3) is 0 Å². The second-order valence-electron chi connectivity index (χ2n) is 8.71. The van der Waals surface area contributed by atoms with Crippen LogP contribution >= 0.6 is 0 Å². The van der Waals surface area contributed by atoms with E-state index in [1.54, 1.807) is 24.3 Å². The normalized spacial score (nSPS) is 16.8. The third kappa shape index (κ3) is 3.69. The second-order valence-corrected chi connectivity index (χ2v) is 8.71. The van der Waals surface area contributed by atoms with E-state index in [1.165, 1.54) is 23.8 Å². The van der Waals surface area contributed by atoms with Gasteiger partial charge in [-0.25, -0.2) is 8.78 Å². The van der Waals surface area contributed by atoms with Crippen molar-refractivity contribution in [2.24, 2.45) is 0 Å². The summed E-state index contributed by atoms with van der Waals surface area (Å²) in [7, 11) is 0. The minimum atomic E-state index is -0.300. The largest absolute Gasteiger partial charge is 0.365 e. The van der Waals surface area contributed by atoms with E-state index in [1.807, 2.05) is 25.1 Å². The fourth-order valence-corrected chi connectivity index (χ4v) is 4.70. The quantitative estimate of drug-likeness (QED) is 0.593. The molecule has 158 valence electrons. The van der Waals surface area contributed by atoms with Crippen LogP contribution in [0.1, 0.15) is 52.9 Å². The topological polar surface area (TPSA) is 32.3 Å². The van der Waals surface area contributed by atoms with E-state index in [-0.39, 0.29) is 29.0 Å². The minimum Gasteiger partial charge on any atom is -0.365 e. The molecule has 31 heavy (non-hydrogen) atoms. The van der Waals surface area contributed by atoms with Gasteiger partial charge in [-0.1, -0.05) is 36.4 Å². The number of nitrogens with zero attached hydrogens (tertiary/aromatic N) is 1. The van der Waals surface area contributed by atoms with Gasteiger partial charge in [0.25, 0.3) is 5.91 Å². The lowest BCUT2D eigenvalue weighted by molar-refractivity contribution is 0.0940. The molecule has 5 heteroatoms. The summed E-state index contributed by atoms with van der Waals surface area (Å²) in [4.78, 5) is 15.5. The van der Waals surface area contributed by atoms with Crippen molar-refractivity contribution in [2.75, 3.05) is 11.4 Å². The molecule has 2 aliphatic rings. The van der Waals surface area contributed by atoms with Gasteiger partial charge in [-0.2, -0.15) is 0 Å². The molecule has 0 bridgehead atoms. The monoisotopic (exact) mass is 418 g/mol. The van der Waals surface area contributed by atoms with Gasteiger partial charge in [-0.05, 0) is 66.8 Å². The van der Waals surface area contributed by atoms with E-state index in [2.05, 4.69) is 16.3 Å². The molecule has 0 aromatic heterocycles. The average Bonchev–Trinajstić information content (AvgIpc) is 3.46. The lowest BCUT2D eigenvalue weighted by Gasteiger charge is -2.23. The Bertz CT molecular complexity index is 1140. The fraction of sp³-hybridized carbons (Fsp3) is 0.269. The van der Waals surface area contributed by atoms with Crippen molar-refractivity contribution in [1.29, 1.82) is 0 Å². The standard InChI is InChI=1S/C26H24F2N2O/c1-17(19-8-10-20(27)11-9-19)29-25(31)22-6-3-7-23-24(22)30(16-26(23)12-13-26)15-18-4-2-5-21(28)14-18/h2-11,14,17H,12-13,15-16H2,1H3,(H,29,31). The molecule has 1 heterocycles. The summed E-state index contributed by atoms with van der Waals surface area (Å²) in [5.41, 5.74) is 4.64. The number of carbonyl (C=O) groups excluding carboxylic acids is 1. The zero-order valence-corrected chi connectivity index (χ0v) is 17.4. The summed E-state index contributed by atoms with van der Waals surface area (Å²) < 4.78 is 27.0. The molecule has 1 atom stereocenters. The molecule has 1 N–H and O–H groups in total. The van der Waals surface area contributed by atoms with Crippen molar-refractivity contribution in [2.45, 2.75) is 37.8 Å². The van der Waals surface area contributed by atoms with Crippen molar-refractivity contribution >= 4 is 11.6 Å². The van der Waals surface area contributed by atoms with E-state index >= 15 is 0 Å². The molecule has 1 aliphatic carbocycles. The van der Waals surface area contributed by atoms with Gasteiger partial charge >= 0.3 is 0 Å². The van der Waals surface area contributed by atoms with Gasteiger partial charge in [0, 0.05) is 18.5 Å². The molecule has 1 saturated carbocycles. The molecule has 3 aromatic rings. The highest BCUT2D eigenvalue weighted by Crippen LogP contribution is 2.57. The number of hydrogen-bond acceptors (Lipinski definition) is 2. The summed E-state index contributed by atoms with van der Waals surface area (Å²) in [6.07, 6.45) is 2.22. The van der Waals surface area contributed by atoms with Crippen molar-refractivity contribution < 1.29 is 13.6 Å². The second kappa shape index (κ2) is 7.49. The molecule has 0 saturated heterocycles. The highest BCUT2D eigenvalue weighted by molar-refractivity contribution is 6.01. The minimum absolute atomic E-state index is 0.113. The molecule has 5 rings (SSSR count). The predicted molar refractivity (Wildman–Crippen MR) is 117 cm³/mol. The predicted octanol–water partition coefficient (Wildman–Crippen LogP) is 5.51. The van der Waals surface area contributed by atoms with Gasteiger partial charge in [0.1, 0.15) is 11.6 Å². The Labute approximate surface area is 180 Å². The van der Waals surface area contributed by atoms with E-state index in [4.69, 9.17) is 0 Å². The Morgan fingerprint density at radius 3 is 2.48 bits per heavy atom. The third-order valence-electron chi connectivity index (χ3n) is 6.50. The van der Waals surface area contributed by atoms with Crippen LogP contribution in [-0.2, 0) is 12.0 Å². The Morgan fingerprint density at radius 2 is 1.77 bits per heavy atom. The van der Waals surface area contributed by atoms with E-state index in [0.717, 1.165) is 36.2 Å². The zero-order valence-electron chi connectivity index (χ0n) is 17.4. The number of nitrogens with one attached hydrogen (secondary N) is 1. The molecule has 1 fully saturated rings. The third-order valence-corrected chi connectivity index (χ3v) is 6.50. The Kier molecular flexibility index (Phi) is 4.77. The SMILES string of the molecule is CC(NC(=O)c1cccc2c1N(Cc1cccc(F)c1)CC21CC1)c1ccc(F)cc1. The van der Waals surface area contributed by atoms with Crippen LogP contribution in [0.3, 0.4) is 0 Å². The Balaban J connectivity index is 1.44. The maximum atomic E-state index is 13.7. The summed E-state index contributed by atoms with van der Waals surface area (Å²) in [5, 5.41) is 3.05. The highest BCUT2D eigenvalue weighted by atomic mass is 19.1. The first-order valence-electron chi connectivity index (χ1n) is 10.6. The molecule has 1 unspecified atom stereocenters. The van der Waals surface area contributed by atoms with Gasteiger partial charge in [-0.3, -0.25) is 4.79 Å². The van der Waals surface area contributed by atoms with Gasteiger partial charge in [0.2, 0.25) is 0 Å². The molecule has 1 spiro atoms. The molecular weight excluding hydrogens is 394 g/mol. The molecule has 0 radical (unpaired) electrons. The lowest BCUT2D eigenvalue weighted by Crippen LogP contribution is -2.29. The van der Waals surface area contributed by atoms with Crippen LogP contribution in [0.2, 0.25) is 0 Å². The number of hydrogen-bond donors (Lipinski definition) is 1. The van der Waals surface area contributed by atoms with Crippen LogP contribution in [0, 0.1) is 11.6 Å². The van der Waals surface area contributed by atoms with E-state index < -0.39 is 0 Å². The van der Waals surface area contributed by atoms with Crippen LogP contribution in [0.4, 0.5) is 14.5 Å². The number of benzene rings is 3. The number of rotatable bonds is 5. The first kappa shape index (κ1) is 19.7. The van der Waals surface area contributed by atoms with Crippen LogP contribution < -0.4 is 10.2 Å². The molecule has 3 nitrogen and oxygen atoms in total. The molecular formula is C26H24F2N2O. The maximum Gasteiger partial charge on any atom is 0.253 e. The van der Waals surface area contributed by atoms with Crippen molar-refractivity contribution in [3.05, 3.63) is 101 Å². The summed E-state index contributed by atoms with van der Waals surface area (Å²) in [6, 6.07) is 18.5. The Hall–Kier alpha value is -3.21. The summed E-state index contributed by atoms with van der Waals surface area (Å²) in [6.45, 7) is 3.29. The molecule has 1 aliphatic heterocycles. The van der Waals surface area contributed by atoms with Crippen LogP contribution in [0.5, 0.6) is 0 Å². The summed E-state index contributed by atoms with van der Waals surface area (Å²) in [5.74, 6) is -0.710. The number of anilines is 1. The first-order valence-corrected chi connectivity index (χ1v) is 10.6. The number of amides is 1. The van der Waals surface area contributed by atoms with E-state index in [9.17, 15) is 13.6 Å². The van der Waals surface area contributed by atoms with Crippen LogP contribution in [0.15, 0.2) is 66.7 Å². The zero-order chi connectivity index (χ0) is 21.6. The smallest absolute Gasteiger partial charge is 0.253 e. The van der Waals surface area contributed by atoms with Gasteiger partial charge in [0.15, 0.2) is 0 Å². The van der Waals surface area contributed by atoms with Crippen molar-refractivity contribution in [3.63, 3.8) is 0 Å². The van der Waals surface area contributed by atoms with E-state index in [0.29, 0.717) is 12.1 Å². The highest BCUT2D eigenvalue weighted by Gasteiger charge is 2.52. The maximum absolute atomic E-state index is 13.7. The number of halogens is 2. The van der Waals surface area contributed by atoms with Crippen LogP contribution in [-0.4, -0.2) is 12.5 Å². The number of carbonyl (C=O) groups is 1. The summed E-state index contributed by atoms with van der Waals surface area (Å²) >= 11 is 0. The van der Waals surface area contributed by atoms with Gasteiger partial charge < -0.3 is 10.2 Å².